The Kier molecular flexibility index (Phi) is 7.72. The molecular formula is C22H27N3O4. The van der Waals surface area contributed by atoms with E-state index in [1.165, 1.54) is 6.20 Å². The fourth-order valence-corrected chi connectivity index (χ4v) is 3.39. The Morgan fingerprint density at radius 1 is 1.21 bits per heavy atom. The van der Waals surface area contributed by atoms with Gasteiger partial charge in [0.2, 0.25) is 5.91 Å². The molecule has 1 fully saturated rings. The number of hydrogen-bond acceptors (Lipinski definition) is 6. The predicted octanol–water partition coefficient (Wildman–Crippen LogP) is 2.24. The highest BCUT2D eigenvalue weighted by Crippen LogP contribution is 2.24. The summed E-state index contributed by atoms with van der Waals surface area (Å²) in [7, 11) is 1.64. The van der Waals surface area contributed by atoms with Crippen LogP contribution in [-0.2, 0) is 9.53 Å². The molecule has 2 aromatic rings. The Morgan fingerprint density at radius 2 is 2.03 bits per heavy atom. The molecule has 1 N–H and O–H groups in total. The van der Waals surface area contributed by atoms with Crippen LogP contribution >= 0.6 is 0 Å². The second kappa shape index (κ2) is 10.7. The van der Waals surface area contributed by atoms with Crippen LogP contribution in [0.1, 0.15) is 34.8 Å². The summed E-state index contributed by atoms with van der Waals surface area (Å²) < 4.78 is 10.8. The van der Waals surface area contributed by atoms with Crippen molar-refractivity contribution in [3.63, 3.8) is 0 Å². The summed E-state index contributed by atoms with van der Waals surface area (Å²) in [6, 6.07) is 11.4. The molecule has 7 heteroatoms. The summed E-state index contributed by atoms with van der Waals surface area (Å²) in [5.74, 6) is 0.573. The second-order valence-corrected chi connectivity index (χ2v) is 6.91. The molecule has 7 nitrogen and oxygen atoms in total. The zero-order valence-electron chi connectivity index (χ0n) is 16.7. The first-order valence-electron chi connectivity index (χ1n) is 9.83. The maximum absolute atomic E-state index is 12.4. The zero-order valence-corrected chi connectivity index (χ0v) is 16.7. The zero-order chi connectivity index (χ0) is 20.5. The van der Waals surface area contributed by atoms with Gasteiger partial charge in [-0.05, 0) is 29.8 Å². The summed E-state index contributed by atoms with van der Waals surface area (Å²) in [5.41, 5.74) is 1.61. The van der Waals surface area contributed by atoms with Gasteiger partial charge in [-0.3, -0.25) is 19.5 Å². The Morgan fingerprint density at radius 3 is 2.76 bits per heavy atom. The largest absolute Gasteiger partial charge is 0.497 e. The first kappa shape index (κ1) is 21.0. The Hall–Kier alpha value is -2.77. The van der Waals surface area contributed by atoms with Crippen LogP contribution in [0.4, 0.5) is 0 Å². The van der Waals surface area contributed by atoms with Crippen molar-refractivity contribution < 1.29 is 19.1 Å². The van der Waals surface area contributed by atoms with Crippen molar-refractivity contribution in [2.24, 2.45) is 0 Å². The number of hydrogen-bond donors (Lipinski definition) is 1. The van der Waals surface area contributed by atoms with E-state index in [1.807, 2.05) is 24.3 Å². The minimum absolute atomic E-state index is 0.0203. The smallest absolute Gasteiger partial charge is 0.220 e. The van der Waals surface area contributed by atoms with Crippen LogP contribution in [0.2, 0.25) is 0 Å². The highest BCUT2D eigenvalue weighted by atomic mass is 16.5. The third kappa shape index (κ3) is 6.10. The standard InChI is InChI=1S/C22H27N3O4/c1-28-19-6-2-4-17(14-19)20(25-10-12-29-13-11-25)16-24-22(27)8-7-21(26)18-5-3-9-23-15-18/h2-6,9,14-15,20H,7-8,10-13,16H2,1H3,(H,24,27). The van der Waals surface area contributed by atoms with E-state index in [1.54, 1.807) is 25.4 Å². The van der Waals surface area contributed by atoms with Gasteiger partial charge in [0.15, 0.2) is 5.78 Å². The number of nitrogens with one attached hydrogen (secondary N) is 1. The van der Waals surface area contributed by atoms with E-state index >= 15 is 0 Å². The molecule has 1 unspecified atom stereocenters. The number of carbonyl (C=O) groups is 2. The molecule has 154 valence electrons. The fraction of sp³-hybridized carbons (Fsp3) is 0.409. The number of pyridine rings is 1. The van der Waals surface area contributed by atoms with E-state index in [0.29, 0.717) is 25.3 Å². The molecule has 1 aromatic carbocycles. The maximum atomic E-state index is 12.4. The molecule has 0 bridgehead atoms. The van der Waals surface area contributed by atoms with E-state index in [2.05, 4.69) is 15.2 Å². The SMILES string of the molecule is COc1cccc(C(CNC(=O)CCC(=O)c2cccnc2)N2CCOCC2)c1. The van der Waals surface area contributed by atoms with Crippen molar-refractivity contribution in [3.05, 3.63) is 59.9 Å². The number of morpholine rings is 1. The molecular weight excluding hydrogens is 370 g/mol. The van der Waals surface area contributed by atoms with E-state index in [0.717, 1.165) is 24.4 Å². The molecule has 0 aliphatic carbocycles. The van der Waals surface area contributed by atoms with E-state index < -0.39 is 0 Å². The number of amides is 1. The molecule has 29 heavy (non-hydrogen) atoms. The lowest BCUT2D eigenvalue weighted by atomic mass is 10.0. The van der Waals surface area contributed by atoms with Crippen molar-refractivity contribution >= 4 is 11.7 Å². The normalized spacial score (nSPS) is 15.5. The lowest BCUT2D eigenvalue weighted by Gasteiger charge is -2.35. The summed E-state index contributed by atoms with van der Waals surface area (Å²) in [4.78, 5) is 30.8. The molecule has 0 spiro atoms. The van der Waals surface area contributed by atoms with Crippen molar-refractivity contribution in [1.82, 2.24) is 15.2 Å². The van der Waals surface area contributed by atoms with E-state index in [9.17, 15) is 9.59 Å². The lowest BCUT2D eigenvalue weighted by Crippen LogP contribution is -2.43. The van der Waals surface area contributed by atoms with Crippen LogP contribution in [0.5, 0.6) is 5.75 Å². The fourth-order valence-electron chi connectivity index (χ4n) is 3.39. The highest BCUT2D eigenvalue weighted by Gasteiger charge is 2.23. The van der Waals surface area contributed by atoms with Gasteiger partial charge in [0.05, 0.1) is 26.4 Å². The molecule has 0 saturated carbocycles. The van der Waals surface area contributed by atoms with Gasteiger partial charge in [-0.1, -0.05) is 12.1 Å². The molecule has 1 amide bonds. The maximum Gasteiger partial charge on any atom is 0.220 e. The average molecular weight is 397 g/mol. The number of carbonyl (C=O) groups excluding carboxylic acids is 2. The summed E-state index contributed by atoms with van der Waals surface area (Å²) in [5, 5.41) is 2.99. The van der Waals surface area contributed by atoms with Crippen molar-refractivity contribution in [1.29, 1.82) is 0 Å². The predicted molar refractivity (Wildman–Crippen MR) is 109 cm³/mol. The lowest BCUT2D eigenvalue weighted by molar-refractivity contribution is -0.121. The number of aromatic nitrogens is 1. The first-order valence-corrected chi connectivity index (χ1v) is 9.83. The number of benzene rings is 1. The third-order valence-corrected chi connectivity index (χ3v) is 5.02. The molecule has 3 rings (SSSR count). The molecule has 1 aliphatic heterocycles. The minimum Gasteiger partial charge on any atom is -0.497 e. The van der Waals surface area contributed by atoms with E-state index in [-0.39, 0.29) is 30.6 Å². The summed E-state index contributed by atoms with van der Waals surface area (Å²) in [6.45, 7) is 3.42. The topological polar surface area (TPSA) is 80.8 Å². The van der Waals surface area contributed by atoms with Gasteiger partial charge in [-0.25, -0.2) is 0 Å². The van der Waals surface area contributed by atoms with Crippen LogP contribution in [0.25, 0.3) is 0 Å². The van der Waals surface area contributed by atoms with Crippen LogP contribution in [0, 0.1) is 0 Å². The van der Waals surface area contributed by atoms with Gasteiger partial charge in [0.25, 0.3) is 0 Å². The molecule has 1 aromatic heterocycles. The highest BCUT2D eigenvalue weighted by molar-refractivity contribution is 5.97. The van der Waals surface area contributed by atoms with Gasteiger partial charge in [0.1, 0.15) is 5.75 Å². The molecule has 1 aliphatic rings. The van der Waals surface area contributed by atoms with Gasteiger partial charge in [-0.2, -0.15) is 0 Å². The number of nitrogens with zero attached hydrogens (tertiary/aromatic N) is 2. The molecule has 0 radical (unpaired) electrons. The Labute approximate surface area is 171 Å². The second-order valence-electron chi connectivity index (χ2n) is 6.91. The van der Waals surface area contributed by atoms with E-state index in [4.69, 9.17) is 9.47 Å². The van der Waals surface area contributed by atoms with Gasteiger partial charge < -0.3 is 14.8 Å². The minimum atomic E-state index is -0.136. The van der Waals surface area contributed by atoms with Crippen LogP contribution in [0.3, 0.4) is 0 Å². The van der Waals surface area contributed by atoms with Crippen LogP contribution < -0.4 is 10.1 Å². The van der Waals surface area contributed by atoms with Crippen molar-refractivity contribution in [2.45, 2.75) is 18.9 Å². The number of Topliss-reactive ketones (excluding diaryl/α,β-unsaturated/α-hetero) is 1. The number of rotatable bonds is 9. The molecule has 2 heterocycles. The molecule has 1 saturated heterocycles. The Bertz CT molecular complexity index is 807. The van der Waals surface area contributed by atoms with Crippen molar-refractivity contribution in [3.8, 4) is 5.75 Å². The number of ether oxygens (including phenoxy) is 2. The summed E-state index contributed by atoms with van der Waals surface area (Å²) in [6.07, 6.45) is 3.46. The van der Waals surface area contributed by atoms with Gasteiger partial charge >= 0.3 is 0 Å². The number of ketones is 1. The quantitative estimate of drug-likeness (QED) is 0.654. The summed E-state index contributed by atoms with van der Waals surface area (Å²) >= 11 is 0. The average Bonchev–Trinajstić information content (AvgIpc) is 2.79. The Balaban J connectivity index is 1.58. The third-order valence-electron chi connectivity index (χ3n) is 5.02. The van der Waals surface area contributed by atoms with Crippen LogP contribution in [-0.4, -0.2) is 61.5 Å². The number of methoxy groups -OCH3 is 1. The van der Waals surface area contributed by atoms with Crippen LogP contribution in [0.15, 0.2) is 48.8 Å². The monoisotopic (exact) mass is 397 g/mol. The first-order chi connectivity index (χ1) is 14.2. The van der Waals surface area contributed by atoms with Gasteiger partial charge in [0, 0.05) is 50.4 Å². The van der Waals surface area contributed by atoms with Crippen molar-refractivity contribution in [2.75, 3.05) is 40.0 Å². The molecule has 1 atom stereocenters. The van der Waals surface area contributed by atoms with Gasteiger partial charge in [-0.15, -0.1) is 0 Å².